The molecule has 1 N–H and O–H groups in total. The number of pyridine rings is 1. The number of nitrogens with zero attached hydrogens (tertiary/aromatic N) is 4. The average Bonchev–Trinajstić information content (AvgIpc) is 3.20. The monoisotopic (exact) mass is 437 g/mol. The fourth-order valence-corrected chi connectivity index (χ4v) is 3.96. The van der Waals surface area contributed by atoms with E-state index in [2.05, 4.69) is 41.0 Å². The lowest BCUT2D eigenvalue weighted by atomic mass is 10.2. The lowest BCUT2D eigenvalue weighted by Crippen LogP contribution is -2.19. The van der Waals surface area contributed by atoms with Gasteiger partial charge in [0.25, 0.3) is 0 Å². The molecule has 7 nitrogen and oxygen atoms in total. The zero-order valence-corrected chi connectivity index (χ0v) is 16.6. The fourth-order valence-electron chi connectivity index (χ4n) is 2.97. The number of hydrogen-bond acceptors (Lipinski definition) is 6. The molecule has 138 valence electrons. The van der Waals surface area contributed by atoms with Crippen molar-refractivity contribution in [3.63, 3.8) is 0 Å². The summed E-state index contributed by atoms with van der Waals surface area (Å²) in [4.78, 5) is 16.4. The summed E-state index contributed by atoms with van der Waals surface area (Å²) in [5, 5.41) is 12.3. The summed E-state index contributed by atoms with van der Waals surface area (Å²) < 4.78 is 8.80. The van der Waals surface area contributed by atoms with Gasteiger partial charge >= 0.3 is 0 Å². The average molecular weight is 438 g/mol. The molecule has 3 heterocycles. The minimum Gasteiger partial charge on any atom is -0.376 e. The molecule has 1 saturated carbocycles. The second-order valence-electron chi connectivity index (χ2n) is 6.56. The molecule has 0 aromatic carbocycles. The third kappa shape index (κ3) is 4.44. The Balaban J connectivity index is 1.39. The largest absolute Gasteiger partial charge is 0.376 e. The van der Waals surface area contributed by atoms with Crippen LogP contribution in [0.3, 0.4) is 0 Å². The van der Waals surface area contributed by atoms with Crippen molar-refractivity contribution in [2.45, 2.75) is 49.4 Å². The second-order valence-corrected chi connectivity index (χ2v) is 8.42. The molecule has 1 amide bonds. The Morgan fingerprint density at radius 1 is 1.35 bits per heavy atom. The quantitative estimate of drug-likeness (QED) is 0.669. The summed E-state index contributed by atoms with van der Waals surface area (Å²) in [7, 11) is 0. The molecule has 4 rings (SSSR count). The standard InChI is InChI=1S/C17H20BrN5O2S/c18-12-5-6-14(19-8-12)20-15(24)10-26-17-22-21-16(11-3-4-11)23(17)9-13-2-1-7-25-13/h5-6,8,11,13H,1-4,7,9-10H2,(H,19,20,24)/t13-/m1/s1. The van der Waals surface area contributed by atoms with Gasteiger partial charge in [-0.2, -0.15) is 0 Å². The van der Waals surface area contributed by atoms with Gasteiger partial charge in [-0.25, -0.2) is 4.98 Å². The summed E-state index contributed by atoms with van der Waals surface area (Å²) in [5.74, 6) is 2.26. The molecule has 0 spiro atoms. The Kier molecular flexibility index (Phi) is 5.56. The van der Waals surface area contributed by atoms with Gasteiger partial charge in [-0.05, 0) is 53.7 Å². The first-order chi connectivity index (χ1) is 12.7. The number of ether oxygens (including phenoxy) is 1. The third-order valence-electron chi connectivity index (χ3n) is 4.43. The Morgan fingerprint density at radius 3 is 2.92 bits per heavy atom. The van der Waals surface area contributed by atoms with Crippen molar-refractivity contribution in [2.75, 3.05) is 17.7 Å². The maximum atomic E-state index is 12.2. The Morgan fingerprint density at radius 2 is 2.23 bits per heavy atom. The molecule has 1 atom stereocenters. The van der Waals surface area contributed by atoms with Crippen LogP contribution in [0.2, 0.25) is 0 Å². The molecule has 1 aliphatic carbocycles. The molecule has 1 aliphatic heterocycles. The molecular weight excluding hydrogens is 418 g/mol. The number of aromatic nitrogens is 4. The number of nitrogens with one attached hydrogen (secondary N) is 1. The van der Waals surface area contributed by atoms with E-state index < -0.39 is 0 Å². The minimum atomic E-state index is -0.107. The molecule has 9 heteroatoms. The smallest absolute Gasteiger partial charge is 0.236 e. The maximum Gasteiger partial charge on any atom is 0.236 e. The van der Waals surface area contributed by atoms with E-state index in [1.54, 1.807) is 12.3 Å². The first-order valence-corrected chi connectivity index (χ1v) is 10.6. The molecule has 0 unspecified atom stereocenters. The Bertz CT molecular complexity index is 772. The van der Waals surface area contributed by atoms with Crippen LogP contribution in [-0.2, 0) is 16.1 Å². The first kappa shape index (κ1) is 17.9. The lowest BCUT2D eigenvalue weighted by Gasteiger charge is -2.14. The summed E-state index contributed by atoms with van der Waals surface area (Å²) in [5.41, 5.74) is 0. The van der Waals surface area contributed by atoms with Crippen LogP contribution in [0.5, 0.6) is 0 Å². The van der Waals surface area contributed by atoms with Crippen molar-refractivity contribution < 1.29 is 9.53 Å². The molecule has 2 aromatic rings. The number of thioether (sulfide) groups is 1. The highest BCUT2D eigenvalue weighted by atomic mass is 79.9. The number of carbonyl (C=O) groups is 1. The molecular formula is C17H20BrN5O2S. The highest BCUT2D eigenvalue weighted by Gasteiger charge is 2.31. The number of anilines is 1. The van der Waals surface area contributed by atoms with E-state index in [0.29, 0.717) is 11.7 Å². The van der Waals surface area contributed by atoms with Crippen LogP contribution in [0.4, 0.5) is 5.82 Å². The molecule has 26 heavy (non-hydrogen) atoms. The van der Waals surface area contributed by atoms with Crippen molar-refractivity contribution in [2.24, 2.45) is 0 Å². The van der Waals surface area contributed by atoms with Crippen LogP contribution in [0.1, 0.15) is 37.4 Å². The van der Waals surface area contributed by atoms with E-state index in [0.717, 1.165) is 41.4 Å². The second kappa shape index (κ2) is 8.06. The molecule has 2 aliphatic rings. The normalized spacial score (nSPS) is 19.7. The van der Waals surface area contributed by atoms with E-state index in [1.165, 1.54) is 24.6 Å². The zero-order valence-electron chi connectivity index (χ0n) is 14.2. The third-order valence-corrected chi connectivity index (χ3v) is 5.86. The Labute approximate surface area is 164 Å². The van der Waals surface area contributed by atoms with Crippen LogP contribution in [0.15, 0.2) is 28.0 Å². The number of carbonyl (C=O) groups excluding carboxylic acids is 1. The minimum absolute atomic E-state index is 0.107. The van der Waals surface area contributed by atoms with E-state index in [4.69, 9.17) is 4.74 Å². The Hall–Kier alpha value is -1.45. The molecule has 0 bridgehead atoms. The molecule has 2 aromatic heterocycles. The van der Waals surface area contributed by atoms with Gasteiger partial charge in [-0.3, -0.25) is 4.79 Å². The first-order valence-electron chi connectivity index (χ1n) is 8.78. The number of hydrogen-bond donors (Lipinski definition) is 1. The van der Waals surface area contributed by atoms with Crippen LogP contribution >= 0.6 is 27.7 Å². The summed E-state index contributed by atoms with van der Waals surface area (Å²) >= 11 is 4.74. The van der Waals surface area contributed by atoms with Gasteiger partial charge in [-0.15, -0.1) is 10.2 Å². The SMILES string of the molecule is O=C(CSc1nnc(C2CC2)n1C[C@H]1CCCO1)Nc1ccc(Br)cn1. The van der Waals surface area contributed by atoms with Crippen LogP contribution in [-0.4, -0.2) is 44.1 Å². The van der Waals surface area contributed by atoms with Gasteiger partial charge in [0.15, 0.2) is 5.16 Å². The van der Waals surface area contributed by atoms with Crippen molar-refractivity contribution >= 4 is 39.4 Å². The van der Waals surface area contributed by atoms with E-state index >= 15 is 0 Å². The highest BCUT2D eigenvalue weighted by Crippen LogP contribution is 2.40. The van der Waals surface area contributed by atoms with Crippen LogP contribution in [0, 0.1) is 0 Å². The summed E-state index contributed by atoms with van der Waals surface area (Å²) in [6.07, 6.45) is 6.40. The van der Waals surface area contributed by atoms with Gasteiger partial charge < -0.3 is 14.6 Å². The van der Waals surface area contributed by atoms with Gasteiger partial charge in [-0.1, -0.05) is 11.8 Å². The predicted molar refractivity (Wildman–Crippen MR) is 102 cm³/mol. The lowest BCUT2D eigenvalue weighted by molar-refractivity contribution is -0.113. The fraction of sp³-hybridized carbons (Fsp3) is 0.529. The number of halogens is 1. The zero-order chi connectivity index (χ0) is 17.9. The van der Waals surface area contributed by atoms with Crippen molar-refractivity contribution in [3.8, 4) is 0 Å². The van der Waals surface area contributed by atoms with E-state index in [-0.39, 0.29) is 17.8 Å². The van der Waals surface area contributed by atoms with Gasteiger partial charge in [0.05, 0.1) is 18.4 Å². The molecule has 0 radical (unpaired) electrons. The number of rotatable bonds is 7. The predicted octanol–water partition coefficient (Wildman–Crippen LogP) is 3.22. The van der Waals surface area contributed by atoms with Gasteiger partial charge in [0.2, 0.25) is 5.91 Å². The van der Waals surface area contributed by atoms with E-state index in [1.807, 2.05) is 6.07 Å². The topological polar surface area (TPSA) is 81.9 Å². The molecule has 1 saturated heterocycles. The van der Waals surface area contributed by atoms with Crippen molar-refractivity contribution in [1.82, 2.24) is 19.7 Å². The van der Waals surface area contributed by atoms with Gasteiger partial charge in [0, 0.05) is 23.2 Å². The van der Waals surface area contributed by atoms with Crippen molar-refractivity contribution in [1.29, 1.82) is 0 Å². The summed E-state index contributed by atoms with van der Waals surface area (Å²) in [6, 6.07) is 3.60. The number of amides is 1. The highest BCUT2D eigenvalue weighted by molar-refractivity contribution is 9.10. The van der Waals surface area contributed by atoms with E-state index in [9.17, 15) is 4.79 Å². The summed E-state index contributed by atoms with van der Waals surface area (Å²) in [6.45, 7) is 1.60. The molecule has 2 fully saturated rings. The van der Waals surface area contributed by atoms with Crippen LogP contribution < -0.4 is 5.32 Å². The van der Waals surface area contributed by atoms with Crippen molar-refractivity contribution in [3.05, 3.63) is 28.6 Å². The van der Waals surface area contributed by atoms with Gasteiger partial charge in [0.1, 0.15) is 11.6 Å². The van der Waals surface area contributed by atoms with Crippen LogP contribution in [0.25, 0.3) is 0 Å². The maximum absolute atomic E-state index is 12.2.